The number of benzene rings is 4. The van der Waals surface area contributed by atoms with Gasteiger partial charge in [0.05, 0.1) is 33.0 Å². The molecule has 0 saturated heterocycles. The van der Waals surface area contributed by atoms with Crippen LogP contribution in [0.2, 0.25) is 0 Å². The van der Waals surface area contributed by atoms with Gasteiger partial charge in [0.2, 0.25) is 0 Å². The molecule has 1 saturated carbocycles. The second-order valence-electron chi connectivity index (χ2n) is 15.9. The highest BCUT2D eigenvalue weighted by atomic mass is 14.9. The summed E-state index contributed by atoms with van der Waals surface area (Å²) in [5.41, 5.74) is 10.7. The molecule has 0 N–H and O–H groups in total. The quantitative estimate of drug-likeness (QED) is 0.157. The molecule has 0 atom stereocenters. The van der Waals surface area contributed by atoms with Gasteiger partial charge >= 0.3 is 0 Å². The van der Waals surface area contributed by atoms with Crippen LogP contribution in [0.25, 0.3) is 59.9 Å². The van der Waals surface area contributed by atoms with E-state index in [9.17, 15) is 0 Å². The zero-order valence-corrected chi connectivity index (χ0v) is 26.6. The molecule has 0 radical (unpaired) electrons. The van der Waals surface area contributed by atoms with Crippen LogP contribution >= 0.6 is 0 Å². The number of pyridine rings is 1. The summed E-state index contributed by atoms with van der Waals surface area (Å²) in [6.45, 7) is 14.1. The van der Waals surface area contributed by atoms with E-state index in [-0.39, 0.29) is 10.8 Å². The molecule has 3 aromatic heterocycles. The van der Waals surface area contributed by atoms with E-state index < -0.39 is 0 Å². The van der Waals surface area contributed by atoms with Crippen LogP contribution in [0.5, 0.6) is 0 Å². The zero-order chi connectivity index (χ0) is 29.7. The van der Waals surface area contributed by atoms with Crippen LogP contribution < -0.4 is 0 Å². The van der Waals surface area contributed by atoms with Crippen molar-refractivity contribution >= 4 is 59.9 Å². The Bertz CT molecular complexity index is 2180. The van der Waals surface area contributed by atoms with Crippen molar-refractivity contribution in [2.75, 3.05) is 0 Å². The normalized spacial score (nSPS) is 15.5. The van der Waals surface area contributed by atoms with Crippen LogP contribution in [-0.2, 0) is 19.3 Å². The Kier molecular flexibility index (Phi) is 5.87. The molecule has 1 fully saturated rings. The number of aromatic nitrogens is 3. The summed E-state index contributed by atoms with van der Waals surface area (Å²) in [7, 11) is 0. The summed E-state index contributed by atoms with van der Waals surface area (Å²) in [4.78, 5) is 9.83. The molecular weight excluding hydrogens is 522 g/mol. The molecule has 0 unspecified atom stereocenters. The minimum Gasteiger partial charge on any atom is -0.307 e. The third-order valence-electron chi connectivity index (χ3n) is 9.82. The molecule has 0 aliphatic heterocycles. The van der Waals surface area contributed by atoms with Crippen LogP contribution in [0.3, 0.4) is 0 Å². The van der Waals surface area contributed by atoms with Crippen molar-refractivity contribution in [3.05, 3.63) is 77.6 Å². The lowest BCUT2D eigenvalue weighted by Crippen LogP contribution is -2.12. The second-order valence-corrected chi connectivity index (χ2v) is 15.9. The molecule has 7 aromatic rings. The Morgan fingerprint density at radius 2 is 1.51 bits per heavy atom. The van der Waals surface area contributed by atoms with Gasteiger partial charge in [-0.2, -0.15) is 0 Å². The van der Waals surface area contributed by atoms with Gasteiger partial charge in [-0.25, -0.2) is 9.97 Å². The second kappa shape index (κ2) is 9.39. The Morgan fingerprint density at radius 1 is 0.744 bits per heavy atom. The van der Waals surface area contributed by atoms with E-state index in [1.807, 2.05) is 0 Å². The molecule has 3 heteroatoms. The average Bonchev–Trinajstić information content (AvgIpc) is 3.57. The highest BCUT2D eigenvalue weighted by molar-refractivity contribution is 6.28. The maximum absolute atomic E-state index is 5.04. The lowest BCUT2D eigenvalue weighted by Gasteiger charge is -2.24. The van der Waals surface area contributed by atoms with Crippen molar-refractivity contribution < 1.29 is 0 Å². The van der Waals surface area contributed by atoms with E-state index in [1.165, 1.54) is 97.7 Å². The fourth-order valence-corrected chi connectivity index (χ4v) is 8.29. The molecule has 3 nitrogen and oxygen atoms in total. The SMILES string of the molecule is CC(C)(C)Cc1ccc2c(CC(C)(C)C)c3c(cc2c1)c1ncnc2ccc4c5c(CC6CCCC6)cccc5n3c4c21. The first-order valence-corrected chi connectivity index (χ1v) is 16.3. The number of hydrogen-bond acceptors (Lipinski definition) is 2. The number of fused-ring (bicyclic) bond motifs is 7. The van der Waals surface area contributed by atoms with Gasteiger partial charge in [0, 0.05) is 16.2 Å². The number of nitrogens with zero attached hydrogens (tertiary/aromatic N) is 3. The van der Waals surface area contributed by atoms with Crippen LogP contribution in [0.4, 0.5) is 0 Å². The summed E-state index contributed by atoms with van der Waals surface area (Å²) >= 11 is 0. The first-order valence-electron chi connectivity index (χ1n) is 16.3. The van der Waals surface area contributed by atoms with Crippen molar-refractivity contribution in [2.45, 2.75) is 86.5 Å². The molecule has 8 rings (SSSR count). The van der Waals surface area contributed by atoms with E-state index in [2.05, 4.69) is 101 Å². The van der Waals surface area contributed by atoms with Crippen molar-refractivity contribution in [2.24, 2.45) is 16.7 Å². The fourth-order valence-electron chi connectivity index (χ4n) is 8.29. The van der Waals surface area contributed by atoms with E-state index in [1.54, 1.807) is 6.33 Å². The maximum Gasteiger partial charge on any atom is 0.116 e. The summed E-state index contributed by atoms with van der Waals surface area (Å²) < 4.78 is 2.61. The summed E-state index contributed by atoms with van der Waals surface area (Å²) in [5.74, 6) is 0.795. The predicted octanol–water partition coefficient (Wildman–Crippen LogP) is 10.8. The molecule has 1 aliphatic carbocycles. The molecule has 4 aromatic carbocycles. The Balaban J connectivity index is 1.56. The Hall–Kier alpha value is -3.72. The predicted molar refractivity (Wildman–Crippen MR) is 184 cm³/mol. The smallest absolute Gasteiger partial charge is 0.116 e. The van der Waals surface area contributed by atoms with E-state index >= 15 is 0 Å². The van der Waals surface area contributed by atoms with Crippen molar-refractivity contribution in [3.8, 4) is 0 Å². The standard InChI is InChI=1S/C40H43N3/c1-39(2,3)21-25-14-15-28-27(19-25)20-30-36-35-32(41-23-42-36)17-16-29-34-26(18-24-10-7-8-11-24)12-9-13-33(34)43(38(29)35)37(30)31(28)22-40(4,5)6/h9,12-17,19-20,23-24H,7-8,10-11,18,21-22H2,1-6H3. The van der Waals surface area contributed by atoms with Gasteiger partial charge in [-0.15, -0.1) is 0 Å². The molecule has 0 amide bonds. The molecule has 218 valence electrons. The fraction of sp³-hybridized carbons (Fsp3) is 0.400. The monoisotopic (exact) mass is 565 g/mol. The minimum absolute atomic E-state index is 0.125. The van der Waals surface area contributed by atoms with E-state index in [0.717, 1.165) is 29.8 Å². The van der Waals surface area contributed by atoms with Gasteiger partial charge in [0.15, 0.2) is 0 Å². The summed E-state index contributed by atoms with van der Waals surface area (Å²) in [6.07, 6.45) is 10.5. The molecule has 0 spiro atoms. The molecular formula is C40H43N3. The average molecular weight is 566 g/mol. The van der Waals surface area contributed by atoms with Crippen molar-refractivity contribution in [3.63, 3.8) is 0 Å². The third kappa shape index (κ3) is 4.38. The highest BCUT2D eigenvalue weighted by Gasteiger charge is 2.26. The van der Waals surface area contributed by atoms with Gasteiger partial charge in [0.25, 0.3) is 0 Å². The molecule has 1 aliphatic rings. The Morgan fingerprint density at radius 3 is 2.28 bits per heavy atom. The van der Waals surface area contributed by atoms with E-state index in [0.29, 0.717) is 0 Å². The highest BCUT2D eigenvalue weighted by Crippen LogP contribution is 2.45. The lowest BCUT2D eigenvalue weighted by atomic mass is 9.83. The molecule has 3 heterocycles. The van der Waals surface area contributed by atoms with Crippen LogP contribution in [0, 0.1) is 16.7 Å². The minimum atomic E-state index is 0.125. The van der Waals surface area contributed by atoms with Gasteiger partial charge < -0.3 is 4.40 Å². The first-order chi connectivity index (χ1) is 20.6. The zero-order valence-electron chi connectivity index (χ0n) is 26.6. The van der Waals surface area contributed by atoms with Gasteiger partial charge in [-0.05, 0) is 87.7 Å². The number of hydrogen-bond donors (Lipinski definition) is 0. The molecule has 0 bridgehead atoms. The van der Waals surface area contributed by atoms with Crippen molar-refractivity contribution in [1.82, 2.24) is 14.4 Å². The van der Waals surface area contributed by atoms with E-state index in [4.69, 9.17) is 9.97 Å². The van der Waals surface area contributed by atoms with Crippen LogP contribution in [0.15, 0.2) is 60.9 Å². The number of rotatable bonds is 4. The summed E-state index contributed by atoms with van der Waals surface area (Å²) in [6, 6.07) is 21.2. The largest absolute Gasteiger partial charge is 0.307 e. The lowest BCUT2D eigenvalue weighted by molar-refractivity contribution is 0.411. The molecule has 43 heavy (non-hydrogen) atoms. The van der Waals surface area contributed by atoms with Crippen molar-refractivity contribution in [1.29, 1.82) is 0 Å². The van der Waals surface area contributed by atoms with Gasteiger partial charge in [-0.3, -0.25) is 0 Å². The maximum atomic E-state index is 5.04. The van der Waals surface area contributed by atoms with Gasteiger partial charge in [0.1, 0.15) is 6.33 Å². The van der Waals surface area contributed by atoms with Crippen LogP contribution in [-0.4, -0.2) is 14.4 Å². The first kappa shape index (κ1) is 26.9. The topological polar surface area (TPSA) is 30.2 Å². The Labute approximate surface area is 254 Å². The summed E-state index contributed by atoms with van der Waals surface area (Å²) in [5, 5.41) is 7.90. The van der Waals surface area contributed by atoms with Gasteiger partial charge in [-0.1, -0.05) is 97.6 Å². The third-order valence-corrected chi connectivity index (χ3v) is 9.82. The van der Waals surface area contributed by atoms with Crippen LogP contribution in [0.1, 0.15) is 83.9 Å².